The van der Waals surface area contributed by atoms with Crippen LogP contribution in [0.4, 0.5) is 11.5 Å². The number of benzene rings is 2. The van der Waals surface area contributed by atoms with Gasteiger partial charge in [0, 0.05) is 30.1 Å². The van der Waals surface area contributed by atoms with Crippen molar-refractivity contribution in [1.82, 2.24) is 9.97 Å². The molecule has 0 spiro atoms. The van der Waals surface area contributed by atoms with Gasteiger partial charge in [-0.2, -0.15) is 0 Å². The van der Waals surface area contributed by atoms with E-state index in [1.165, 1.54) is 7.11 Å². The molecule has 2 N–H and O–H groups in total. The number of oxazole rings is 1. The lowest BCUT2D eigenvalue weighted by Crippen LogP contribution is -2.17. The van der Waals surface area contributed by atoms with E-state index in [2.05, 4.69) is 20.6 Å². The van der Waals surface area contributed by atoms with Gasteiger partial charge in [0.05, 0.1) is 0 Å². The van der Waals surface area contributed by atoms with Crippen molar-refractivity contribution in [2.24, 2.45) is 0 Å². The highest BCUT2D eigenvalue weighted by molar-refractivity contribution is 6.06. The van der Waals surface area contributed by atoms with Gasteiger partial charge in [-0.25, -0.2) is 9.97 Å². The highest BCUT2D eigenvalue weighted by atomic mass is 16.5. The van der Waals surface area contributed by atoms with Crippen molar-refractivity contribution in [2.45, 2.75) is 0 Å². The van der Waals surface area contributed by atoms with Gasteiger partial charge in [0.1, 0.15) is 12.4 Å². The summed E-state index contributed by atoms with van der Waals surface area (Å²) in [5.74, 6) is 0.337. The minimum Gasteiger partial charge on any atom is -0.435 e. The third-order valence-electron chi connectivity index (χ3n) is 4.48. The van der Waals surface area contributed by atoms with Crippen LogP contribution in [0.5, 0.6) is 0 Å². The first-order chi connectivity index (χ1) is 15.6. The van der Waals surface area contributed by atoms with Crippen LogP contribution in [0.2, 0.25) is 0 Å². The van der Waals surface area contributed by atoms with Crippen LogP contribution in [0.3, 0.4) is 0 Å². The number of ether oxygens (including phenoxy) is 1. The largest absolute Gasteiger partial charge is 0.435 e. The maximum atomic E-state index is 13.0. The fourth-order valence-corrected chi connectivity index (χ4v) is 3.02. The van der Waals surface area contributed by atoms with E-state index < -0.39 is 5.91 Å². The summed E-state index contributed by atoms with van der Waals surface area (Å²) >= 11 is 0. The molecule has 160 valence electrons. The number of hydrogen-bond donors (Lipinski definition) is 2. The van der Waals surface area contributed by atoms with E-state index >= 15 is 0 Å². The first-order valence-corrected chi connectivity index (χ1v) is 9.82. The zero-order valence-electron chi connectivity index (χ0n) is 17.2. The summed E-state index contributed by atoms with van der Waals surface area (Å²) in [5, 5.41) is 5.47. The number of nitrogens with one attached hydrogen (secondary N) is 2. The Morgan fingerprint density at radius 3 is 2.34 bits per heavy atom. The molecule has 4 rings (SSSR count). The van der Waals surface area contributed by atoms with Gasteiger partial charge in [-0.15, -0.1) is 0 Å². The average Bonchev–Trinajstić information content (AvgIpc) is 3.27. The number of rotatable bonds is 7. The summed E-state index contributed by atoms with van der Waals surface area (Å²) in [4.78, 5) is 33.3. The summed E-state index contributed by atoms with van der Waals surface area (Å²) < 4.78 is 10.8. The number of methoxy groups -OCH3 is 1. The van der Waals surface area contributed by atoms with Crippen LogP contribution in [0.1, 0.15) is 10.5 Å². The summed E-state index contributed by atoms with van der Waals surface area (Å²) in [6, 6.07) is 21.5. The smallest absolute Gasteiger partial charge is 0.279 e. The second-order valence-electron chi connectivity index (χ2n) is 6.79. The molecule has 0 atom stereocenters. The van der Waals surface area contributed by atoms with Gasteiger partial charge in [0.25, 0.3) is 5.91 Å². The minimum atomic E-state index is -0.442. The van der Waals surface area contributed by atoms with Gasteiger partial charge >= 0.3 is 0 Å². The third kappa shape index (κ3) is 4.88. The summed E-state index contributed by atoms with van der Waals surface area (Å²) in [5.41, 5.74) is 2.11. The monoisotopic (exact) mass is 428 g/mol. The van der Waals surface area contributed by atoms with E-state index in [4.69, 9.17) is 9.15 Å². The zero-order chi connectivity index (χ0) is 22.3. The van der Waals surface area contributed by atoms with Gasteiger partial charge in [-0.3, -0.25) is 9.59 Å². The van der Waals surface area contributed by atoms with Crippen LogP contribution in [-0.2, 0) is 9.53 Å². The molecule has 0 aliphatic carbocycles. The van der Waals surface area contributed by atoms with Crippen molar-refractivity contribution in [3.8, 4) is 22.8 Å². The summed E-state index contributed by atoms with van der Waals surface area (Å²) in [7, 11) is 1.45. The Hall–Kier alpha value is -4.30. The normalized spacial score (nSPS) is 10.5. The molecule has 0 radical (unpaired) electrons. The fraction of sp³-hybridized carbons (Fsp3) is 0.0833. The number of pyridine rings is 1. The number of nitrogens with zero attached hydrogens (tertiary/aromatic N) is 2. The van der Waals surface area contributed by atoms with Crippen LogP contribution in [0.25, 0.3) is 22.8 Å². The molecule has 0 saturated heterocycles. The van der Waals surface area contributed by atoms with Crippen molar-refractivity contribution in [3.05, 3.63) is 84.7 Å². The number of anilines is 2. The van der Waals surface area contributed by atoms with Crippen LogP contribution < -0.4 is 10.6 Å². The van der Waals surface area contributed by atoms with E-state index in [0.29, 0.717) is 28.7 Å². The number of aromatic nitrogens is 2. The number of hydrogen-bond acceptors (Lipinski definition) is 6. The minimum absolute atomic E-state index is 0.0396. The molecule has 32 heavy (non-hydrogen) atoms. The molecule has 2 heterocycles. The van der Waals surface area contributed by atoms with Gasteiger partial charge in [0.15, 0.2) is 11.5 Å². The van der Waals surface area contributed by atoms with Crippen molar-refractivity contribution < 1.29 is 18.7 Å². The Balaban J connectivity index is 1.67. The number of carbonyl (C=O) groups is 2. The molecule has 4 aromatic rings. The van der Waals surface area contributed by atoms with Gasteiger partial charge in [-0.05, 0) is 48.5 Å². The van der Waals surface area contributed by atoms with E-state index in [1.807, 2.05) is 30.3 Å². The number of carbonyl (C=O) groups excluding carboxylic acids is 2. The first-order valence-electron chi connectivity index (χ1n) is 9.82. The molecule has 0 unspecified atom stereocenters. The Bertz CT molecular complexity index is 1210. The highest BCUT2D eigenvalue weighted by Crippen LogP contribution is 2.31. The zero-order valence-corrected chi connectivity index (χ0v) is 17.2. The second kappa shape index (κ2) is 9.67. The van der Waals surface area contributed by atoms with E-state index in [9.17, 15) is 9.59 Å². The Morgan fingerprint density at radius 2 is 1.66 bits per heavy atom. The first kappa shape index (κ1) is 21.0. The van der Waals surface area contributed by atoms with Crippen molar-refractivity contribution in [1.29, 1.82) is 0 Å². The Labute approximate surface area is 184 Å². The molecule has 8 heteroatoms. The van der Waals surface area contributed by atoms with Crippen LogP contribution in [-0.4, -0.2) is 35.5 Å². The molecular formula is C24H20N4O4. The molecule has 0 saturated carbocycles. The van der Waals surface area contributed by atoms with E-state index in [-0.39, 0.29) is 18.2 Å². The van der Waals surface area contributed by atoms with Crippen LogP contribution >= 0.6 is 0 Å². The Kier molecular flexibility index (Phi) is 6.33. The lowest BCUT2D eigenvalue weighted by Gasteiger charge is -2.06. The van der Waals surface area contributed by atoms with E-state index in [0.717, 1.165) is 5.56 Å². The fourth-order valence-electron chi connectivity index (χ4n) is 3.02. The summed E-state index contributed by atoms with van der Waals surface area (Å²) in [6.45, 7) is -0.0396. The molecule has 0 aliphatic heterocycles. The van der Waals surface area contributed by atoms with Gasteiger partial charge in [0.2, 0.25) is 11.8 Å². The van der Waals surface area contributed by atoms with Gasteiger partial charge in [-0.1, -0.05) is 24.3 Å². The predicted molar refractivity (Wildman–Crippen MR) is 120 cm³/mol. The topological polar surface area (TPSA) is 106 Å². The standard InChI is InChI=1S/C24H20N4O4/c1-31-15-20(29)26-18-12-10-16(11-13-18)22-21(23(30)27-19-9-5-6-14-25-19)28-24(32-22)17-7-3-2-4-8-17/h2-14H,15H2,1H3,(H,26,29)(H,25,27,30). The molecule has 0 fully saturated rings. The Morgan fingerprint density at radius 1 is 0.906 bits per heavy atom. The average molecular weight is 428 g/mol. The molecule has 2 amide bonds. The maximum absolute atomic E-state index is 13.0. The molecule has 2 aromatic heterocycles. The highest BCUT2D eigenvalue weighted by Gasteiger charge is 2.23. The lowest BCUT2D eigenvalue weighted by atomic mass is 10.1. The second-order valence-corrected chi connectivity index (χ2v) is 6.79. The summed E-state index contributed by atoms with van der Waals surface area (Å²) in [6.07, 6.45) is 1.59. The van der Waals surface area contributed by atoms with Crippen molar-refractivity contribution >= 4 is 23.3 Å². The molecular weight excluding hydrogens is 408 g/mol. The maximum Gasteiger partial charge on any atom is 0.279 e. The molecule has 8 nitrogen and oxygen atoms in total. The van der Waals surface area contributed by atoms with E-state index in [1.54, 1.807) is 48.7 Å². The van der Waals surface area contributed by atoms with Crippen LogP contribution in [0, 0.1) is 0 Å². The van der Waals surface area contributed by atoms with Crippen molar-refractivity contribution in [2.75, 3.05) is 24.4 Å². The molecule has 0 aliphatic rings. The molecule has 0 bridgehead atoms. The van der Waals surface area contributed by atoms with Gasteiger partial charge < -0.3 is 19.8 Å². The molecule has 2 aromatic carbocycles. The SMILES string of the molecule is COCC(=O)Nc1ccc(-c2oc(-c3ccccc3)nc2C(=O)Nc2ccccn2)cc1. The lowest BCUT2D eigenvalue weighted by molar-refractivity contribution is -0.119. The number of amides is 2. The van der Waals surface area contributed by atoms with Crippen molar-refractivity contribution in [3.63, 3.8) is 0 Å². The van der Waals surface area contributed by atoms with Crippen LogP contribution in [0.15, 0.2) is 83.4 Å². The quantitative estimate of drug-likeness (QED) is 0.456. The third-order valence-corrected chi connectivity index (χ3v) is 4.48. The predicted octanol–water partition coefficient (Wildman–Crippen LogP) is 4.24.